The van der Waals surface area contributed by atoms with Gasteiger partial charge in [-0.05, 0) is 56.4 Å². The quantitative estimate of drug-likeness (QED) is 0.745. The molecule has 0 heterocycles. The first-order valence-corrected chi connectivity index (χ1v) is 8.09. The fourth-order valence-corrected chi connectivity index (χ4v) is 2.38. The summed E-state index contributed by atoms with van der Waals surface area (Å²) in [6.07, 6.45) is -4.39. The number of hydrogen-bond acceptors (Lipinski definition) is 2. The number of alkyl halides is 3. The first-order valence-electron chi connectivity index (χ1n) is 7.68. The van der Waals surface area contributed by atoms with Crippen LogP contribution in [0.2, 0.25) is 0 Å². The Hall–Kier alpha value is -2.28. The van der Waals surface area contributed by atoms with E-state index in [0.29, 0.717) is 6.61 Å². The van der Waals surface area contributed by atoms with Crippen LogP contribution >= 0.6 is 12.2 Å². The third-order valence-electron chi connectivity index (χ3n) is 3.35. The second kappa shape index (κ2) is 8.20. The molecule has 1 atom stereocenters. The van der Waals surface area contributed by atoms with Gasteiger partial charge in [-0.1, -0.05) is 23.8 Å². The molecule has 134 valence electrons. The highest BCUT2D eigenvalue weighted by Gasteiger charge is 2.30. The Labute approximate surface area is 150 Å². The Morgan fingerprint density at radius 2 is 1.84 bits per heavy atom. The van der Waals surface area contributed by atoms with E-state index in [1.54, 1.807) is 0 Å². The van der Waals surface area contributed by atoms with Crippen LogP contribution in [0.25, 0.3) is 0 Å². The maximum Gasteiger partial charge on any atom is 0.416 e. The minimum atomic E-state index is -4.39. The van der Waals surface area contributed by atoms with Gasteiger partial charge in [0.25, 0.3) is 0 Å². The van der Waals surface area contributed by atoms with Crippen LogP contribution in [0.3, 0.4) is 0 Å². The number of aryl methyl sites for hydroxylation is 1. The van der Waals surface area contributed by atoms with Crippen LogP contribution < -0.4 is 15.4 Å². The van der Waals surface area contributed by atoms with Crippen LogP contribution in [-0.2, 0) is 6.18 Å². The molecule has 0 aliphatic heterocycles. The minimum Gasteiger partial charge on any atom is -0.491 e. The smallest absolute Gasteiger partial charge is 0.416 e. The number of rotatable bonds is 5. The lowest BCUT2D eigenvalue weighted by atomic mass is 10.2. The molecule has 0 unspecified atom stereocenters. The van der Waals surface area contributed by atoms with Crippen LogP contribution in [0.1, 0.15) is 18.1 Å². The average Bonchev–Trinajstić information content (AvgIpc) is 2.53. The van der Waals surface area contributed by atoms with Crippen molar-refractivity contribution in [3.8, 4) is 5.75 Å². The van der Waals surface area contributed by atoms with Crippen LogP contribution in [0.5, 0.6) is 5.75 Å². The lowest BCUT2D eigenvalue weighted by Crippen LogP contribution is -2.39. The first-order chi connectivity index (χ1) is 11.7. The van der Waals surface area contributed by atoms with Crippen molar-refractivity contribution in [1.29, 1.82) is 0 Å². The summed E-state index contributed by atoms with van der Waals surface area (Å²) >= 11 is 5.14. The summed E-state index contributed by atoms with van der Waals surface area (Å²) in [6.45, 7) is 4.23. The Balaban J connectivity index is 1.84. The molecule has 2 rings (SSSR count). The molecule has 0 saturated carbocycles. The zero-order valence-electron chi connectivity index (χ0n) is 13.9. The maximum atomic E-state index is 12.7. The number of nitrogens with one attached hydrogen (secondary N) is 2. The van der Waals surface area contributed by atoms with Gasteiger partial charge in [0.15, 0.2) is 5.11 Å². The van der Waals surface area contributed by atoms with Crippen molar-refractivity contribution >= 4 is 23.0 Å². The van der Waals surface area contributed by atoms with Crippen LogP contribution in [0.15, 0.2) is 48.5 Å². The predicted octanol–water partition coefficient (Wildman–Crippen LogP) is 4.77. The molecule has 7 heteroatoms. The van der Waals surface area contributed by atoms with E-state index < -0.39 is 11.7 Å². The highest BCUT2D eigenvalue weighted by molar-refractivity contribution is 7.80. The summed E-state index contributed by atoms with van der Waals surface area (Å²) < 4.78 is 43.8. The number of thiocarbonyl (C=S) groups is 1. The number of halogens is 3. The summed E-state index contributed by atoms with van der Waals surface area (Å²) in [5.74, 6) is 0.746. The molecule has 0 fully saturated rings. The standard InChI is InChI=1S/C18H19F3N2OS/c1-12-6-8-16(9-7-12)24-11-13(2)22-17(25)23-15-5-3-4-14(10-15)18(19,20)21/h3-10,13H,11H2,1-2H3,(H2,22,23,25)/t13-/m0/s1. The van der Waals surface area contributed by atoms with Crippen molar-refractivity contribution in [2.45, 2.75) is 26.1 Å². The third-order valence-corrected chi connectivity index (χ3v) is 3.57. The molecule has 0 saturated heterocycles. The summed E-state index contributed by atoms with van der Waals surface area (Å²) in [6, 6.07) is 12.4. The van der Waals surface area contributed by atoms with Crippen molar-refractivity contribution in [2.75, 3.05) is 11.9 Å². The largest absolute Gasteiger partial charge is 0.491 e. The van der Waals surface area contributed by atoms with Crippen molar-refractivity contribution in [1.82, 2.24) is 5.32 Å². The Morgan fingerprint density at radius 1 is 1.16 bits per heavy atom. The molecule has 2 aromatic rings. The van der Waals surface area contributed by atoms with Crippen LogP contribution in [0, 0.1) is 6.92 Å². The van der Waals surface area contributed by atoms with E-state index in [4.69, 9.17) is 17.0 Å². The maximum absolute atomic E-state index is 12.7. The van der Waals surface area contributed by atoms with E-state index in [2.05, 4.69) is 10.6 Å². The normalized spacial score (nSPS) is 12.4. The summed E-state index contributed by atoms with van der Waals surface area (Å²) in [7, 11) is 0. The molecule has 2 aromatic carbocycles. The van der Waals surface area contributed by atoms with Gasteiger partial charge in [-0.3, -0.25) is 0 Å². The van der Waals surface area contributed by atoms with Gasteiger partial charge in [0.2, 0.25) is 0 Å². The summed E-state index contributed by atoms with van der Waals surface area (Å²) in [5, 5.41) is 5.97. The lowest BCUT2D eigenvalue weighted by molar-refractivity contribution is -0.137. The van der Waals surface area contributed by atoms with Crippen molar-refractivity contribution in [2.24, 2.45) is 0 Å². The number of anilines is 1. The van der Waals surface area contributed by atoms with Crippen molar-refractivity contribution < 1.29 is 17.9 Å². The van der Waals surface area contributed by atoms with Gasteiger partial charge in [-0.15, -0.1) is 0 Å². The third kappa shape index (κ3) is 6.26. The SMILES string of the molecule is Cc1ccc(OC[C@H](C)NC(=S)Nc2cccc(C(F)(F)F)c2)cc1. The number of hydrogen-bond donors (Lipinski definition) is 2. The molecule has 0 aromatic heterocycles. The molecule has 0 radical (unpaired) electrons. The van der Waals surface area contributed by atoms with Gasteiger partial charge >= 0.3 is 6.18 Å². The average molecular weight is 368 g/mol. The fraction of sp³-hybridized carbons (Fsp3) is 0.278. The van der Waals surface area contributed by atoms with E-state index in [9.17, 15) is 13.2 Å². The van der Waals surface area contributed by atoms with Crippen LogP contribution in [0.4, 0.5) is 18.9 Å². The molecule has 3 nitrogen and oxygen atoms in total. The number of benzene rings is 2. The van der Waals surface area contributed by atoms with Gasteiger partial charge in [0, 0.05) is 5.69 Å². The lowest BCUT2D eigenvalue weighted by Gasteiger charge is -2.18. The first kappa shape index (κ1) is 19.1. The Bertz CT molecular complexity index is 717. The van der Waals surface area contributed by atoms with E-state index in [0.717, 1.165) is 23.4 Å². The summed E-state index contributed by atoms with van der Waals surface area (Å²) in [4.78, 5) is 0. The van der Waals surface area contributed by atoms with Gasteiger partial charge in [0.1, 0.15) is 12.4 Å². The van der Waals surface area contributed by atoms with E-state index >= 15 is 0 Å². The molecule has 0 bridgehead atoms. The minimum absolute atomic E-state index is 0.118. The van der Waals surface area contributed by atoms with Gasteiger partial charge < -0.3 is 15.4 Å². The molecular weight excluding hydrogens is 349 g/mol. The monoisotopic (exact) mass is 368 g/mol. The molecule has 0 spiro atoms. The molecule has 25 heavy (non-hydrogen) atoms. The number of ether oxygens (including phenoxy) is 1. The topological polar surface area (TPSA) is 33.3 Å². The molecule has 0 aliphatic rings. The van der Waals surface area contributed by atoms with Gasteiger partial charge in [-0.2, -0.15) is 13.2 Å². The molecule has 0 amide bonds. The van der Waals surface area contributed by atoms with E-state index in [-0.39, 0.29) is 16.8 Å². The second-order valence-corrected chi connectivity index (χ2v) is 6.11. The molecular formula is C18H19F3N2OS. The zero-order valence-corrected chi connectivity index (χ0v) is 14.7. The van der Waals surface area contributed by atoms with Gasteiger partial charge in [-0.25, -0.2) is 0 Å². The highest BCUT2D eigenvalue weighted by Crippen LogP contribution is 2.30. The van der Waals surface area contributed by atoms with E-state index in [1.807, 2.05) is 38.1 Å². The highest BCUT2D eigenvalue weighted by atomic mass is 32.1. The van der Waals surface area contributed by atoms with E-state index in [1.165, 1.54) is 12.1 Å². The zero-order chi connectivity index (χ0) is 18.4. The Kier molecular flexibility index (Phi) is 6.25. The van der Waals surface area contributed by atoms with Crippen molar-refractivity contribution in [3.63, 3.8) is 0 Å². The summed E-state index contributed by atoms with van der Waals surface area (Å²) in [5.41, 5.74) is 0.694. The Morgan fingerprint density at radius 3 is 2.48 bits per heavy atom. The van der Waals surface area contributed by atoms with Crippen LogP contribution in [-0.4, -0.2) is 17.8 Å². The predicted molar refractivity (Wildman–Crippen MR) is 96.9 cm³/mol. The fourth-order valence-electron chi connectivity index (χ4n) is 2.06. The van der Waals surface area contributed by atoms with Crippen molar-refractivity contribution in [3.05, 3.63) is 59.7 Å². The molecule has 2 N–H and O–H groups in total. The second-order valence-electron chi connectivity index (χ2n) is 5.70. The van der Waals surface area contributed by atoms with Gasteiger partial charge in [0.05, 0.1) is 11.6 Å². The molecule has 0 aliphatic carbocycles.